The standard InChI is InChI=1S/C24H35FN2O3/c1-3-17-29-24(30-18-4-2)13-11-21(22(12-14-24)27-15-5-6-16-27)26-23(28)19-7-9-20(25)10-8-19/h5-10,21-22H,3-4,11-18H2,1-2H3,(H,26,28). The molecule has 1 heterocycles. The van der Waals surface area contributed by atoms with Gasteiger partial charge in [-0.05, 0) is 49.9 Å². The molecule has 1 amide bonds. The van der Waals surface area contributed by atoms with E-state index in [1.807, 2.05) is 0 Å². The van der Waals surface area contributed by atoms with Crippen LogP contribution < -0.4 is 5.32 Å². The van der Waals surface area contributed by atoms with E-state index in [9.17, 15) is 9.18 Å². The van der Waals surface area contributed by atoms with E-state index < -0.39 is 5.79 Å². The highest BCUT2D eigenvalue weighted by molar-refractivity contribution is 5.94. The third-order valence-electron chi connectivity index (χ3n) is 6.00. The molecule has 1 fully saturated rings. The molecule has 1 aliphatic heterocycles. The molecule has 3 rings (SSSR count). The van der Waals surface area contributed by atoms with E-state index in [1.165, 1.54) is 24.3 Å². The number of hydrogen-bond donors (Lipinski definition) is 1. The van der Waals surface area contributed by atoms with Crippen LogP contribution in [-0.4, -0.2) is 55.0 Å². The summed E-state index contributed by atoms with van der Waals surface area (Å²) in [6, 6.07) is 5.92. The predicted molar refractivity (Wildman–Crippen MR) is 116 cm³/mol. The van der Waals surface area contributed by atoms with Crippen molar-refractivity contribution in [2.75, 3.05) is 26.3 Å². The Morgan fingerprint density at radius 2 is 1.67 bits per heavy atom. The van der Waals surface area contributed by atoms with E-state index in [2.05, 4.69) is 36.2 Å². The maximum atomic E-state index is 13.2. The molecule has 1 aromatic rings. The number of amides is 1. The van der Waals surface area contributed by atoms with Gasteiger partial charge >= 0.3 is 0 Å². The van der Waals surface area contributed by atoms with Gasteiger partial charge in [-0.25, -0.2) is 4.39 Å². The third-order valence-corrected chi connectivity index (χ3v) is 6.00. The van der Waals surface area contributed by atoms with Crippen molar-refractivity contribution < 1.29 is 18.7 Å². The van der Waals surface area contributed by atoms with Crippen molar-refractivity contribution in [2.24, 2.45) is 0 Å². The van der Waals surface area contributed by atoms with E-state index in [1.54, 1.807) is 0 Å². The first-order valence-electron chi connectivity index (χ1n) is 11.3. The van der Waals surface area contributed by atoms with Crippen molar-refractivity contribution >= 4 is 5.91 Å². The van der Waals surface area contributed by atoms with Gasteiger partial charge < -0.3 is 14.8 Å². The maximum Gasteiger partial charge on any atom is 0.251 e. The summed E-state index contributed by atoms with van der Waals surface area (Å²) in [5.41, 5.74) is 0.481. The van der Waals surface area contributed by atoms with E-state index in [-0.39, 0.29) is 23.8 Å². The lowest BCUT2D eigenvalue weighted by Gasteiger charge is -2.34. The Morgan fingerprint density at radius 3 is 2.27 bits per heavy atom. The van der Waals surface area contributed by atoms with E-state index >= 15 is 0 Å². The Labute approximate surface area is 179 Å². The van der Waals surface area contributed by atoms with Crippen LogP contribution in [0.4, 0.5) is 4.39 Å². The molecule has 0 spiro atoms. The van der Waals surface area contributed by atoms with Crippen LogP contribution in [-0.2, 0) is 9.47 Å². The summed E-state index contributed by atoms with van der Waals surface area (Å²) in [4.78, 5) is 15.3. The van der Waals surface area contributed by atoms with Crippen molar-refractivity contribution in [3.05, 3.63) is 47.8 Å². The first-order valence-corrected chi connectivity index (χ1v) is 11.3. The quantitative estimate of drug-likeness (QED) is 0.369. The van der Waals surface area contributed by atoms with Gasteiger partial charge in [0.25, 0.3) is 5.91 Å². The van der Waals surface area contributed by atoms with Crippen molar-refractivity contribution in [3.63, 3.8) is 0 Å². The van der Waals surface area contributed by atoms with Gasteiger partial charge in [-0.3, -0.25) is 9.69 Å². The number of nitrogens with zero attached hydrogens (tertiary/aromatic N) is 1. The zero-order valence-corrected chi connectivity index (χ0v) is 18.2. The van der Waals surface area contributed by atoms with Crippen molar-refractivity contribution in [1.82, 2.24) is 10.2 Å². The van der Waals surface area contributed by atoms with Gasteiger partial charge in [-0.15, -0.1) is 0 Å². The minimum atomic E-state index is -0.577. The molecule has 2 unspecified atom stereocenters. The maximum absolute atomic E-state index is 13.2. The Morgan fingerprint density at radius 1 is 1.07 bits per heavy atom. The van der Waals surface area contributed by atoms with Crippen LogP contribution in [0.15, 0.2) is 36.4 Å². The average Bonchev–Trinajstić information content (AvgIpc) is 3.23. The second kappa shape index (κ2) is 11.0. The Balaban J connectivity index is 1.76. The largest absolute Gasteiger partial charge is 0.350 e. The van der Waals surface area contributed by atoms with Crippen LogP contribution in [0.25, 0.3) is 0 Å². The van der Waals surface area contributed by atoms with Crippen LogP contribution in [0, 0.1) is 5.82 Å². The number of rotatable bonds is 9. The summed E-state index contributed by atoms with van der Waals surface area (Å²) in [5, 5.41) is 3.23. The fraction of sp³-hybridized carbons (Fsp3) is 0.625. The summed E-state index contributed by atoms with van der Waals surface area (Å²) in [7, 11) is 0. The van der Waals surface area contributed by atoms with Crippen LogP contribution >= 0.6 is 0 Å². The zero-order valence-electron chi connectivity index (χ0n) is 18.2. The molecule has 0 aromatic heterocycles. The van der Waals surface area contributed by atoms with E-state index in [4.69, 9.17) is 9.47 Å². The lowest BCUT2D eigenvalue weighted by atomic mass is 10.0. The van der Waals surface area contributed by atoms with Gasteiger partial charge in [0.05, 0.1) is 0 Å². The Bertz CT molecular complexity index is 691. The highest BCUT2D eigenvalue weighted by atomic mass is 19.1. The zero-order chi connectivity index (χ0) is 21.4. The van der Waals surface area contributed by atoms with E-state index in [0.29, 0.717) is 18.8 Å². The van der Waals surface area contributed by atoms with Gasteiger partial charge in [-0.2, -0.15) is 0 Å². The minimum absolute atomic E-state index is 0.0141. The summed E-state index contributed by atoms with van der Waals surface area (Å²) < 4.78 is 25.8. The number of nitrogens with one attached hydrogen (secondary N) is 1. The first-order chi connectivity index (χ1) is 14.6. The normalized spacial score (nSPS) is 24.0. The number of ether oxygens (including phenoxy) is 2. The van der Waals surface area contributed by atoms with Crippen LogP contribution in [0.1, 0.15) is 62.7 Å². The molecule has 0 radical (unpaired) electrons. The van der Waals surface area contributed by atoms with Crippen LogP contribution in [0.3, 0.4) is 0 Å². The molecule has 1 saturated carbocycles. The summed E-state index contributed by atoms with van der Waals surface area (Å²) in [5.74, 6) is -1.08. The molecule has 1 aliphatic carbocycles. The number of hydrogen-bond acceptors (Lipinski definition) is 4. The third kappa shape index (κ3) is 5.90. The molecule has 0 saturated heterocycles. The molecule has 5 nitrogen and oxygen atoms in total. The molecule has 166 valence electrons. The van der Waals surface area contributed by atoms with Crippen molar-refractivity contribution in [1.29, 1.82) is 0 Å². The summed E-state index contributed by atoms with van der Waals surface area (Å²) >= 11 is 0. The molecule has 2 aliphatic rings. The van der Waals surface area contributed by atoms with Crippen molar-refractivity contribution in [3.8, 4) is 0 Å². The fourth-order valence-corrected chi connectivity index (χ4v) is 4.39. The molecule has 6 heteroatoms. The second-order valence-electron chi connectivity index (χ2n) is 8.26. The van der Waals surface area contributed by atoms with Gasteiger partial charge in [0.15, 0.2) is 5.79 Å². The van der Waals surface area contributed by atoms with Gasteiger partial charge in [0.1, 0.15) is 5.82 Å². The fourth-order valence-electron chi connectivity index (χ4n) is 4.39. The van der Waals surface area contributed by atoms with Gasteiger partial charge in [0, 0.05) is 56.8 Å². The molecule has 1 N–H and O–H groups in total. The predicted octanol–water partition coefficient (Wildman–Crippen LogP) is 4.29. The number of carbonyl (C=O) groups excluding carboxylic acids is 1. The molecular formula is C24H35FN2O3. The lowest BCUT2D eigenvalue weighted by Crippen LogP contribution is -2.50. The molecule has 2 atom stereocenters. The highest BCUT2D eigenvalue weighted by Gasteiger charge is 2.41. The summed E-state index contributed by atoms with van der Waals surface area (Å²) in [6.07, 6.45) is 9.49. The van der Waals surface area contributed by atoms with Crippen LogP contribution in [0.5, 0.6) is 0 Å². The number of carbonyl (C=O) groups is 1. The number of halogens is 1. The Hall–Kier alpha value is -1.76. The Kier molecular flexibility index (Phi) is 8.42. The topological polar surface area (TPSA) is 50.8 Å². The van der Waals surface area contributed by atoms with Crippen LogP contribution in [0.2, 0.25) is 0 Å². The van der Waals surface area contributed by atoms with Gasteiger partial charge in [-0.1, -0.05) is 26.0 Å². The first kappa shape index (κ1) is 22.9. The average molecular weight is 419 g/mol. The van der Waals surface area contributed by atoms with Gasteiger partial charge in [0.2, 0.25) is 0 Å². The monoisotopic (exact) mass is 418 g/mol. The number of benzene rings is 1. The SMILES string of the molecule is CCCOC1(OCCC)CCC(NC(=O)c2ccc(F)cc2)C(N2CC=CC2)CC1. The molecular weight excluding hydrogens is 383 g/mol. The highest BCUT2D eigenvalue weighted by Crippen LogP contribution is 2.35. The minimum Gasteiger partial charge on any atom is -0.350 e. The molecule has 30 heavy (non-hydrogen) atoms. The second-order valence-corrected chi connectivity index (χ2v) is 8.26. The van der Waals surface area contributed by atoms with E-state index in [0.717, 1.165) is 51.6 Å². The smallest absolute Gasteiger partial charge is 0.251 e. The molecule has 1 aromatic carbocycles. The van der Waals surface area contributed by atoms with Crippen molar-refractivity contribution in [2.45, 2.75) is 70.2 Å². The lowest BCUT2D eigenvalue weighted by molar-refractivity contribution is -0.244. The summed E-state index contributed by atoms with van der Waals surface area (Å²) in [6.45, 7) is 7.35. The molecule has 0 bridgehead atoms.